The number of anilines is 1. The topological polar surface area (TPSA) is 54.0 Å². The number of amides is 1. The van der Waals surface area contributed by atoms with E-state index in [1.54, 1.807) is 6.20 Å². The predicted molar refractivity (Wildman–Crippen MR) is 82.0 cm³/mol. The molecule has 4 nitrogen and oxygen atoms in total. The molecule has 0 bridgehead atoms. The van der Waals surface area contributed by atoms with E-state index < -0.39 is 0 Å². The molecule has 2 rings (SSSR count). The van der Waals surface area contributed by atoms with E-state index >= 15 is 0 Å². The largest absolute Gasteiger partial charge is 0.384 e. The molecule has 20 heavy (non-hydrogen) atoms. The normalized spacial score (nSPS) is 15.8. The molecule has 1 atom stereocenters. The second-order valence-electron chi connectivity index (χ2n) is 5.85. The molecule has 0 radical (unpaired) electrons. The summed E-state index contributed by atoms with van der Waals surface area (Å²) in [4.78, 5) is 16.6. The molecule has 0 saturated heterocycles. The van der Waals surface area contributed by atoms with Crippen molar-refractivity contribution >= 4 is 11.6 Å². The monoisotopic (exact) mass is 275 g/mol. The van der Waals surface area contributed by atoms with Crippen molar-refractivity contribution in [1.82, 2.24) is 10.3 Å². The maximum absolute atomic E-state index is 12.4. The summed E-state index contributed by atoms with van der Waals surface area (Å²) in [6, 6.07) is 2.17. The summed E-state index contributed by atoms with van der Waals surface area (Å²) in [5.41, 5.74) is 2.45. The van der Waals surface area contributed by atoms with Crippen molar-refractivity contribution in [2.45, 2.75) is 52.5 Å². The number of nitrogens with one attached hydrogen (secondary N) is 2. The van der Waals surface area contributed by atoms with Crippen LogP contribution in [0.15, 0.2) is 12.3 Å². The molecule has 1 unspecified atom stereocenters. The fraction of sp³-hybridized carbons (Fsp3) is 0.625. The quantitative estimate of drug-likeness (QED) is 0.804. The molecule has 2 N–H and O–H groups in total. The van der Waals surface area contributed by atoms with Gasteiger partial charge in [0.15, 0.2) is 0 Å². The van der Waals surface area contributed by atoms with Gasteiger partial charge in [0, 0.05) is 24.5 Å². The summed E-state index contributed by atoms with van der Waals surface area (Å²) in [6.45, 7) is 6.99. The van der Waals surface area contributed by atoms with Crippen LogP contribution in [-0.2, 0) is 0 Å². The second kappa shape index (κ2) is 6.73. The van der Waals surface area contributed by atoms with E-state index in [0.29, 0.717) is 5.56 Å². The van der Waals surface area contributed by atoms with Gasteiger partial charge in [-0.25, -0.2) is 0 Å². The molecule has 110 valence electrons. The Labute approximate surface area is 121 Å². The highest BCUT2D eigenvalue weighted by atomic mass is 16.1. The number of pyridine rings is 1. The lowest BCUT2D eigenvalue weighted by molar-refractivity contribution is 0.0938. The van der Waals surface area contributed by atoms with Crippen molar-refractivity contribution in [2.24, 2.45) is 5.92 Å². The first kappa shape index (κ1) is 14.8. The van der Waals surface area contributed by atoms with Crippen molar-refractivity contribution in [2.75, 3.05) is 11.9 Å². The third-order valence-electron chi connectivity index (χ3n) is 3.61. The number of hydrogen-bond acceptors (Lipinski definition) is 3. The maximum atomic E-state index is 12.4. The number of rotatable bonds is 7. The first-order valence-corrected chi connectivity index (χ1v) is 7.61. The zero-order chi connectivity index (χ0) is 14.5. The van der Waals surface area contributed by atoms with Crippen LogP contribution in [0.5, 0.6) is 0 Å². The first-order chi connectivity index (χ1) is 9.60. The van der Waals surface area contributed by atoms with Gasteiger partial charge in [-0.3, -0.25) is 9.78 Å². The average Bonchev–Trinajstić information content (AvgIpc) is 3.19. The van der Waals surface area contributed by atoms with Crippen molar-refractivity contribution in [3.05, 3.63) is 23.5 Å². The van der Waals surface area contributed by atoms with Gasteiger partial charge in [0.25, 0.3) is 5.91 Å². The van der Waals surface area contributed by atoms with Crippen LogP contribution in [0, 0.1) is 12.8 Å². The number of aryl methyl sites for hydroxylation is 1. The molecule has 1 amide bonds. The van der Waals surface area contributed by atoms with Gasteiger partial charge in [-0.2, -0.15) is 0 Å². The van der Waals surface area contributed by atoms with E-state index in [9.17, 15) is 4.79 Å². The number of nitrogens with zero attached hydrogens (tertiary/aromatic N) is 1. The molecule has 0 spiro atoms. The molecule has 1 fully saturated rings. The van der Waals surface area contributed by atoms with Crippen molar-refractivity contribution in [1.29, 1.82) is 0 Å². The van der Waals surface area contributed by atoms with Gasteiger partial charge >= 0.3 is 0 Å². The summed E-state index contributed by atoms with van der Waals surface area (Å²) in [5.74, 6) is 0.795. The first-order valence-electron chi connectivity index (χ1n) is 7.61. The summed E-state index contributed by atoms with van der Waals surface area (Å²) < 4.78 is 0. The molecule has 0 aromatic carbocycles. The fourth-order valence-corrected chi connectivity index (χ4v) is 2.36. The lowest BCUT2D eigenvalue weighted by atomic mass is 10.1. The Bertz CT molecular complexity index is 469. The molecular weight excluding hydrogens is 250 g/mol. The molecule has 1 aliphatic rings. The average molecular weight is 275 g/mol. The smallest absolute Gasteiger partial charge is 0.255 e. The van der Waals surface area contributed by atoms with Crippen LogP contribution >= 0.6 is 0 Å². The zero-order valence-electron chi connectivity index (χ0n) is 12.7. The third kappa shape index (κ3) is 4.22. The van der Waals surface area contributed by atoms with Crippen molar-refractivity contribution in [3.8, 4) is 0 Å². The molecule has 4 heteroatoms. The van der Waals surface area contributed by atoms with Crippen LogP contribution in [0.1, 0.15) is 55.6 Å². The van der Waals surface area contributed by atoms with Gasteiger partial charge in [0.2, 0.25) is 0 Å². The molecule has 0 aliphatic heterocycles. The minimum Gasteiger partial charge on any atom is -0.384 e. The second-order valence-corrected chi connectivity index (χ2v) is 5.85. The summed E-state index contributed by atoms with van der Waals surface area (Å²) in [6.07, 6.45) is 6.42. The van der Waals surface area contributed by atoms with Crippen LogP contribution in [0.3, 0.4) is 0 Å². The highest BCUT2D eigenvalue weighted by Crippen LogP contribution is 2.33. The van der Waals surface area contributed by atoms with Crippen LogP contribution in [-0.4, -0.2) is 23.5 Å². The number of hydrogen-bond donors (Lipinski definition) is 2. The fourth-order valence-electron chi connectivity index (χ4n) is 2.36. The standard InChI is InChI=1S/C16H25N3O/c1-4-7-17-15-9-11(2)18-10-14(15)16(20)19-12(3)8-13-5-6-13/h9-10,12-13H,4-8H2,1-3H3,(H,17,18)(H,19,20). The van der Waals surface area contributed by atoms with Crippen LogP contribution < -0.4 is 10.6 Å². The van der Waals surface area contributed by atoms with Crippen LogP contribution in [0.25, 0.3) is 0 Å². The SMILES string of the molecule is CCCNc1cc(C)ncc1C(=O)NC(C)CC1CC1. The van der Waals surface area contributed by atoms with Crippen molar-refractivity contribution < 1.29 is 4.79 Å². The number of carbonyl (C=O) groups is 1. The molecule has 1 saturated carbocycles. The van der Waals surface area contributed by atoms with E-state index in [1.165, 1.54) is 12.8 Å². The van der Waals surface area contributed by atoms with E-state index in [4.69, 9.17) is 0 Å². The highest BCUT2D eigenvalue weighted by molar-refractivity contribution is 5.99. The van der Waals surface area contributed by atoms with E-state index in [2.05, 4.69) is 29.5 Å². The lowest BCUT2D eigenvalue weighted by Gasteiger charge is -2.16. The molecule has 1 aromatic rings. The lowest BCUT2D eigenvalue weighted by Crippen LogP contribution is -2.33. The van der Waals surface area contributed by atoms with Gasteiger partial charge in [-0.15, -0.1) is 0 Å². The van der Waals surface area contributed by atoms with Crippen LogP contribution in [0.4, 0.5) is 5.69 Å². The Morgan fingerprint density at radius 1 is 1.50 bits per heavy atom. The number of aromatic nitrogens is 1. The van der Waals surface area contributed by atoms with E-state index in [1.807, 2.05) is 13.0 Å². The number of carbonyl (C=O) groups excluding carboxylic acids is 1. The van der Waals surface area contributed by atoms with Gasteiger partial charge in [0.1, 0.15) is 0 Å². The highest BCUT2D eigenvalue weighted by Gasteiger charge is 2.24. The molecule has 1 heterocycles. The Hall–Kier alpha value is -1.58. The summed E-state index contributed by atoms with van der Waals surface area (Å²) >= 11 is 0. The van der Waals surface area contributed by atoms with Gasteiger partial charge in [0.05, 0.1) is 11.3 Å². The maximum Gasteiger partial charge on any atom is 0.255 e. The minimum atomic E-state index is -0.0238. The minimum absolute atomic E-state index is 0.0238. The van der Waals surface area contributed by atoms with Gasteiger partial charge in [-0.05, 0) is 38.7 Å². The Kier molecular flexibility index (Phi) is 4.99. The summed E-state index contributed by atoms with van der Waals surface area (Å²) in [7, 11) is 0. The zero-order valence-corrected chi connectivity index (χ0v) is 12.7. The van der Waals surface area contributed by atoms with E-state index in [-0.39, 0.29) is 11.9 Å². The van der Waals surface area contributed by atoms with E-state index in [0.717, 1.165) is 36.7 Å². The third-order valence-corrected chi connectivity index (χ3v) is 3.61. The Morgan fingerprint density at radius 2 is 2.25 bits per heavy atom. The predicted octanol–water partition coefficient (Wildman–Crippen LogP) is 3.13. The van der Waals surface area contributed by atoms with Gasteiger partial charge < -0.3 is 10.6 Å². The molecular formula is C16H25N3O. The van der Waals surface area contributed by atoms with Crippen LogP contribution in [0.2, 0.25) is 0 Å². The van der Waals surface area contributed by atoms with Gasteiger partial charge in [-0.1, -0.05) is 19.8 Å². The Morgan fingerprint density at radius 3 is 2.90 bits per heavy atom. The molecule has 1 aromatic heterocycles. The van der Waals surface area contributed by atoms with Crippen molar-refractivity contribution in [3.63, 3.8) is 0 Å². The Balaban J connectivity index is 2.02. The summed E-state index contributed by atoms with van der Waals surface area (Å²) in [5, 5.41) is 6.40. The molecule has 1 aliphatic carbocycles.